The third-order valence-electron chi connectivity index (χ3n) is 13.0. The SMILES string of the molecule is COc1cc(N2CCN(CC3CCN(c4ncc(C5c6[nH]c7ccccc7c6CC(C)N5CC(C)(C)F)cn4)CC3)CC2)cc2c1C(=O)N(C1CCC(=O)NC1=O)C2. The number of aromatic amines is 1. The molecule has 0 aliphatic carbocycles. The number of nitrogens with zero attached hydrogens (tertiary/aromatic N) is 7. The number of piperazine rings is 1. The quantitative estimate of drug-likeness (QED) is 0.227. The first-order valence-electron chi connectivity index (χ1n) is 20.9. The lowest BCUT2D eigenvalue weighted by Gasteiger charge is -2.42. The minimum absolute atomic E-state index is 0.155. The number of rotatable bonds is 9. The van der Waals surface area contributed by atoms with E-state index >= 15 is 4.39 Å². The predicted molar refractivity (Wildman–Crippen MR) is 220 cm³/mol. The second-order valence-electron chi connectivity index (χ2n) is 17.5. The Labute approximate surface area is 338 Å². The van der Waals surface area contributed by atoms with Crippen LogP contribution in [0.25, 0.3) is 10.9 Å². The maximum absolute atomic E-state index is 15.2. The Hall–Kier alpha value is -5.08. The molecule has 9 rings (SSSR count). The van der Waals surface area contributed by atoms with Gasteiger partial charge >= 0.3 is 0 Å². The molecule has 2 aromatic carbocycles. The number of aromatic nitrogens is 3. The van der Waals surface area contributed by atoms with Crippen LogP contribution in [0.15, 0.2) is 48.8 Å². The van der Waals surface area contributed by atoms with Crippen LogP contribution in [0.2, 0.25) is 0 Å². The van der Waals surface area contributed by atoms with Crippen LogP contribution in [0.5, 0.6) is 5.75 Å². The lowest BCUT2D eigenvalue weighted by Crippen LogP contribution is -2.52. The zero-order valence-corrected chi connectivity index (χ0v) is 34.0. The van der Waals surface area contributed by atoms with Gasteiger partial charge < -0.3 is 24.4 Å². The topological polar surface area (TPSA) is 130 Å². The smallest absolute Gasteiger partial charge is 0.258 e. The molecule has 0 bridgehead atoms. The molecule has 13 nitrogen and oxygen atoms in total. The van der Waals surface area contributed by atoms with Crippen molar-refractivity contribution >= 4 is 40.3 Å². The number of amides is 3. The molecule has 7 heterocycles. The number of nitrogens with one attached hydrogen (secondary N) is 2. The monoisotopic (exact) mass is 791 g/mol. The van der Waals surface area contributed by atoms with Crippen LogP contribution in [-0.4, -0.2) is 125 Å². The third-order valence-corrected chi connectivity index (χ3v) is 13.0. The first-order valence-corrected chi connectivity index (χ1v) is 20.9. The van der Waals surface area contributed by atoms with E-state index in [1.807, 2.05) is 18.5 Å². The molecule has 3 unspecified atom stereocenters. The van der Waals surface area contributed by atoms with Gasteiger partial charge in [0.15, 0.2) is 0 Å². The number of para-hydroxylation sites is 1. The number of anilines is 2. The van der Waals surface area contributed by atoms with Gasteiger partial charge in [-0.1, -0.05) is 18.2 Å². The first-order chi connectivity index (χ1) is 27.9. The fourth-order valence-corrected chi connectivity index (χ4v) is 10.0. The fraction of sp³-hybridized carbons (Fsp3) is 0.523. The fourth-order valence-electron chi connectivity index (χ4n) is 10.0. The van der Waals surface area contributed by atoms with E-state index in [4.69, 9.17) is 14.7 Å². The second kappa shape index (κ2) is 15.3. The average molecular weight is 792 g/mol. The second-order valence-corrected chi connectivity index (χ2v) is 17.5. The predicted octanol–water partition coefficient (Wildman–Crippen LogP) is 4.85. The number of fused-ring (bicyclic) bond motifs is 4. The Morgan fingerprint density at radius 1 is 0.948 bits per heavy atom. The van der Waals surface area contributed by atoms with E-state index in [2.05, 4.69) is 67.2 Å². The van der Waals surface area contributed by atoms with Gasteiger partial charge in [0.2, 0.25) is 17.8 Å². The Balaban J connectivity index is 0.805. The number of alkyl halides is 1. The molecule has 3 saturated heterocycles. The van der Waals surface area contributed by atoms with E-state index in [1.54, 1.807) is 25.9 Å². The molecule has 3 atom stereocenters. The number of carbonyl (C=O) groups excluding carboxylic acids is 3. The summed E-state index contributed by atoms with van der Waals surface area (Å²) in [7, 11) is 1.58. The number of imide groups is 1. The standard InChI is InChI=1S/C44H54FN9O4/c1-27-19-33-32-7-5-6-8-34(32)48-39(33)40(54(27)26-44(2,3)45)30-22-46-43(47-23-30)52-13-11-28(12-14-52)24-50-15-17-51(18-16-50)31-20-29-25-53(35-9-10-37(55)49-41(35)56)42(57)38(29)36(21-31)58-4/h5-8,20-23,27-28,35,40,48H,9-19,24-26H2,1-4H3,(H,49,55,56). The van der Waals surface area contributed by atoms with Crippen molar-refractivity contribution in [3.8, 4) is 5.75 Å². The van der Waals surface area contributed by atoms with Crippen LogP contribution in [0.1, 0.15) is 85.2 Å². The molecule has 5 aliphatic rings. The van der Waals surface area contributed by atoms with Gasteiger partial charge in [0.25, 0.3) is 5.91 Å². The summed E-state index contributed by atoms with van der Waals surface area (Å²) in [5.41, 5.74) is 5.53. The van der Waals surface area contributed by atoms with Gasteiger partial charge in [0.05, 0.1) is 18.7 Å². The minimum atomic E-state index is -1.35. The van der Waals surface area contributed by atoms with E-state index in [1.165, 1.54) is 10.9 Å². The van der Waals surface area contributed by atoms with Crippen LogP contribution >= 0.6 is 0 Å². The zero-order valence-electron chi connectivity index (χ0n) is 34.0. The highest BCUT2D eigenvalue weighted by Crippen LogP contribution is 2.42. The number of carbonyl (C=O) groups is 3. The van der Waals surface area contributed by atoms with Crippen LogP contribution in [0, 0.1) is 5.92 Å². The Morgan fingerprint density at radius 3 is 2.40 bits per heavy atom. The van der Waals surface area contributed by atoms with E-state index in [0.29, 0.717) is 36.7 Å². The average Bonchev–Trinajstić information content (AvgIpc) is 3.74. The summed E-state index contributed by atoms with van der Waals surface area (Å²) in [5.74, 6) is 0.929. The summed E-state index contributed by atoms with van der Waals surface area (Å²) in [6, 6.07) is 11.8. The Kier molecular flexibility index (Phi) is 10.1. The van der Waals surface area contributed by atoms with Crippen LogP contribution in [0.3, 0.4) is 0 Å². The molecular weight excluding hydrogens is 738 g/mol. The molecule has 2 N–H and O–H groups in total. The minimum Gasteiger partial charge on any atom is -0.496 e. The summed E-state index contributed by atoms with van der Waals surface area (Å²) < 4.78 is 20.9. The Morgan fingerprint density at radius 2 is 1.69 bits per heavy atom. The van der Waals surface area contributed by atoms with Crippen LogP contribution in [-0.2, 0) is 22.6 Å². The van der Waals surface area contributed by atoms with Gasteiger partial charge in [0, 0.05) is 118 Å². The number of piperidine rings is 2. The van der Waals surface area contributed by atoms with Crippen molar-refractivity contribution < 1.29 is 23.5 Å². The van der Waals surface area contributed by atoms with Crippen LogP contribution < -0.4 is 19.9 Å². The lowest BCUT2D eigenvalue weighted by atomic mass is 9.88. The van der Waals surface area contributed by atoms with Crippen molar-refractivity contribution in [3.63, 3.8) is 0 Å². The Bertz CT molecular complexity index is 2200. The molecule has 0 radical (unpaired) electrons. The van der Waals surface area contributed by atoms with Crippen molar-refractivity contribution in [3.05, 3.63) is 76.7 Å². The molecule has 3 fully saturated rings. The molecule has 4 aromatic rings. The molecule has 0 saturated carbocycles. The maximum atomic E-state index is 15.2. The normalized spacial score (nSPS) is 23.7. The number of halogens is 1. The number of H-pyrrole nitrogens is 1. The number of benzene rings is 2. The number of hydrogen-bond acceptors (Lipinski definition) is 10. The van der Waals surface area contributed by atoms with Gasteiger partial charge in [-0.05, 0) is 75.6 Å². The molecular formula is C44H54FN9O4. The van der Waals surface area contributed by atoms with Crippen molar-refractivity contribution in [2.75, 3.05) is 69.3 Å². The molecule has 306 valence electrons. The number of methoxy groups -OCH3 is 1. The zero-order chi connectivity index (χ0) is 40.3. The third kappa shape index (κ3) is 7.29. The first kappa shape index (κ1) is 38.4. The highest BCUT2D eigenvalue weighted by Gasteiger charge is 2.42. The van der Waals surface area contributed by atoms with Gasteiger partial charge in [-0.25, -0.2) is 14.4 Å². The van der Waals surface area contributed by atoms with Crippen molar-refractivity contribution in [2.45, 2.75) is 83.2 Å². The molecule has 3 amide bonds. The van der Waals surface area contributed by atoms with Crippen molar-refractivity contribution in [1.29, 1.82) is 0 Å². The highest BCUT2D eigenvalue weighted by atomic mass is 19.1. The van der Waals surface area contributed by atoms with E-state index in [-0.39, 0.29) is 30.3 Å². The van der Waals surface area contributed by atoms with E-state index in [0.717, 1.165) is 99.0 Å². The summed E-state index contributed by atoms with van der Waals surface area (Å²) >= 11 is 0. The van der Waals surface area contributed by atoms with Crippen LogP contribution in [0.4, 0.5) is 16.0 Å². The molecule has 2 aromatic heterocycles. The van der Waals surface area contributed by atoms with Gasteiger partial charge in [0.1, 0.15) is 17.5 Å². The van der Waals surface area contributed by atoms with E-state index < -0.39 is 17.6 Å². The maximum Gasteiger partial charge on any atom is 0.258 e. The molecule has 0 spiro atoms. The summed E-state index contributed by atoms with van der Waals surface area (Å²) in [6.07, 6.45) is 7.46. The highest BCUT2D eigenvalue weighted by molar-refractivity contribution is 6.06. The molecule has 5 aliphatic heterocycles. The summed E-state index contributed by atoms with van der Waals surface area (Å²) in [4.78, 5) is 62.3. The largest absolute Gasteiger partial charge is 0.496 e. The summed E-state index contributed by atoms with van der Waals surface area (Å²) in [6.45, 7) is 12.6. The number of ether oxygens (including phenoxy) is 1. The van der Waals surface area contributed by atoms with E-state index in [9.17, 15) is 14.4 Å². The summed E-state index contributed by atoms with van der Waals surface area (Å²) in [5, 5.41) is 3.61. The lowest BCUT2D eigenvalue weighted by molar-refractivity contribution is -0.136. The van der Waals surface area contributed by atoms with Gasteiger partial charge in [-0.15, -0.1) is 0 Å². The van der Waals surface area contributed by atoms with Crippen molar-refractivity contribution in [2.24, 2.45) is 5.92 Å². The van der Waals surface area contributed by atoms with Gasteiger partial charge in [-0.2, -0.15) is 0 Å². The molecule has 14 heteroatoms. The van der Waals surface area contributed by atoms with Gasteiger partial charge in [-0.3, -0.25) is 29.5 Å². The van der Waals surface area contributed by atoms with Crippen molar-refractivity contribution in [1.82, 2.24) is 35.0 Å². The molecule has 58 heavy (non-hydrogen) atoms. The number of hydrogen-bond donors (Lipinski definition) is 2.